The summed E-state index contributed by atoms with van der Waals surface area (Å²) in [5, 5.41) is 17.5. The van der Waals surface area contributed by atoms with Gasteiger partial charge in [-0.1, -0.05) is 12.1 Å². The van der Waals surface area contributed by atoms with Gasteiger partial charge >= 0.3 is 0 Å². The second-order valence-corrected chi connectivity index (χ2v) is 4.25. The van der Waals surface area contributed by atoms with Crippen molar-refractivity contribution in [1.82, 2.24) is 0 Å². The Morgan fingerprint density at radius 3 is 2.59 bits per heavy atom. The zero-order chi connectivity index (χ0) is 12.7. The number of hydrogen-bond donors (Lipinski definition) is 2. The van der Waals surface area contributed by atoms with Gasteiger partial charge in [0.2, 0.25) is 0 Å². The summed E-state index contributed by atoms with van der Waals surface area (Å²) in [4.78, 5) is 0. The Morgan fingerprint density at radius 2 is 2.06 bits per heavy atom. The number of aliphatic hydroxyl groups excluding tert-OH is 1. The van der Waals surface area contributed by atoms with Crippen molar-refractivity contribution >= 4 is 0 Å². The fraction of sp³-hybridized carbons (Fsp3) is 0.462. The maximum absolute atomic E-state index is 8.77. The highest BCUT2D eigenvalue weighted by molar-refractivity contribution is 5.27. The largest absolute Gasteiger partial charge is 0.493 e. The van der Waals surface area contributed by atoms with Crippen molar-refractivity contribution in [3.63, 3.8) is 0 Å². The van der Waals surface area contributed by atoms with Crippen LogP contribution in [-0.2, 0) is 6.42 Å². The summed E-state index contributed by atoms with van der Waals surface area (Å²) in [7, 11) is 0. The summed E-state index contributed by atoms with van der Waals surface area (Å²) in [6.45, 7) is 2.24. The molecule has 0 saturated carbocycles. The molecule has 0 heterocycles. The van der Waals surface area contributed by atoms with Crippen LogP contribution in [0.2, 0.25) is 0 Å². The van der Waals surface area contributed by atoms with E-state index in [9.17, 15) is 0 Å². The number of nitrogens with zero attached hydrogens (tertiary/aromatic N) is 1. The second-order valence-electron chi connectivity index (χ2n) is 4.25. The summed E-state index contributed by atoms with van der Waals surface area (Å²) < 4.78 is 5.48. The van der Waals surface area contributed by atoms with Crippen LogP contribution < -0.4 is 10.5 Å². The predicted octanol–water partition coefficient (Wildman–Crippen LogP) is 1.23. The minimum absolute atomic E-state index is 0.147. The molecule has 92 valence electrons. The smallest absolute Gasteiger partial charge is 0.119 e. The third kappa shape index (κ3) is 4.85. The van der Waals surface area contributed by atoms with E-state index in [1.54, 1.807) is 6.92 Å². The van der Waals surface area contributed by atoms with E-state index in [2.05, 4.69) is 0 Å². The Balaban J connectivity index is 2.40. The number of nitrogens with two attached hydrogens (primary N) is 1. The molecule has 0 aliphatic heterocycles. The van der Waals surface area contributed by atoms with Crippen LogP contribution in [0.25, 0.3) is 0 Å². The van der Waals surface area contributed by atoms with E-state index in [0.717, 1.165) is 11.3 Å². The first-order chi connectivity index (χ1) is 8.07. The van der Waals surface area contributed by atoms with Crippen LogP contribution in [0.15, 0.2) is 24.3 Å². The average molecular weight is 234 g/mol. The number of nitriles is 1. The van der Waals surface area contributed by atoms with Gasteiger partial charge in [-0.3, -0.25) is 0 Å². The molecule has 3 N–H and O–H groups in total. The normalized spacial score (nSPS) is 13.8. The molecule has 1 rings (SSSR count). The van der Waals surface area contributed by atoms with Crippen LogP contribution in [0.4, 0.5) is 0 Å². The van der Waals surface area contributed by atoms with Crippen LogP contribution in [0.3, 0.4) is 0 Å². The Bertz CT molecular complexity index is 379. The van der Waals surface area contributed by atoms with Gasteiger partial charge in [0.05, 0.1) is 12.7 Å². The van der Waals surface area contributed by atoms with Gasteiger partial charge in [0.15, 0.2) is 0 Å². The Hall–Kier alpha value is -1.57. The third-order valence-electron chi connectivity index (χ3n) is 2.47. The fourth-order valence-electron chi connectivity index (χ4n) is 1.32. The maximum Gasteiger partial charge on any atom is 0.119 e. The molecule has 4 nitrogen and oxygen atoms in total. The Kier molecular flexibility index (Phi) is 4.95. The van der Waals surface area contributed by atoms with Gasteiger partial charge in [0.1, 0.15) is 11.3 Å². The molecule has 1 unspecified atom stereocenters. The Labute approximate surface area is 102 Å². The highest BCUT2D eigenvalue weighted by Gasteiger charge is 2.16. The van der Waals surface area contributed by atoms with E-state index in [-0.39, 0.29) is 6.61 Å². The molecule has 17 heavy (non-hydrogen) atoms. The molecule has 1 aromatic rings. The molecule has 0 saturated heterocycles. The van der Waals surface area contributed by atoms with Crippen molar-refractivity contribution < 1.29 is 9.84 Å². The van der Waals surface area contributed by atoms with Crippen molar-refractivity contribution in [2.75, 3.05) is 13.2 Å². The number of hydrogen-bond acceptors (Lipinski definition) is 4. The lowest BCUT2D eigenvalue weighted by molar-refractivity contribution is 0.285. The van der Waals surface area contributed by atoms with Gasteiger partial charge in [0, 0.05) is 13.0 Å². The van der Waals surface area contributed by atoms with Crippen molar-refractivity contribution in [3.8, 4) is 11.8 Å². The number of benzene rings is 1. The molecule has 0 radical (unpaired) electrons. The maximum atomic E-state index is 8.77. The van der Waals surface area contributed by atoms with E-state index in [4.69, 9.17) is 20.8 Å². The molecule has 0 amide bonds. The van der Waals surface area contributed by atoms with Crippen molar-refractivity contribution in [2.24, 2.45) is 5.73 Å². The molecular formula is C13H18N2O2. The fourth-order valence-corrected chi connectivity index (χ4v) is 1.32. The summed E-state index contributed by atoms with van der Waals surface area (Å²) in [6, 6.07) is 9.56. The van der Waals surface area contributed by atoms with Crippen molar-refractivity contribution in [3.05, 3.63) is 29.8 Å². The molecule has 4 heteroatoms. The monoisotopic (exact) mass is 234 g/mol. The lowest BCUT2D eigenvalue weighted by Gasteiger charge is -2.15. The third-order valence-corrected chi connectivity index (χ3v) is 2.47. The molecule has 0 aliphatic rings. The first-order valence-electron chi connectivity index (χ1n) is 5.60. The van der Waals surface area contributed by atoms with Crippen molar-refractivity contribution in [1.29, 1.82) is 5.26 Å². The van der Waals surface area contributed by atoms with E-state index >= 15 is 0 Å². The molecule has 0 spiro atoms. The summed E-state index contributed by atoms with van der Waals surface area (Å²) in [5.74, 6) is 0.750. The topological polar surface area (TPSA) is 79.3 Å². The van der Waals surface area contributed by atoms with E-state index in [1.807, 2.05) is 30.3 Å². The SMILES string of the molecule is CC(N)(C#N)CCOc1ccc(CCO)cc1. The lowest BCUT2D eigenvalue weighted by Crippen LogP contribution is -2.35. The average Bonchev–Trinajstić information content (AvgIpc) is 2.32. The second kappa shape index (κ2) is 6.24. The number of aliphatic hydroxyl groups is 1. The van der Waals surface area contributed by atoms with Crippen LogP contribution in [-0.4, -0.2) is 23.9 Å². The standard InChI is InChI=1S/C13H18N2O2/c1-13(15,10-14)7-9-17-12-4-2-11(3-5-12)6-8-16/h2-5,16H,6-9,15H2,1H3. The summed E-state index contributed by atoms with van der Waals surface area (Å²) in [6.07, 6.45) is 1.14. The molecular weight excluding hydrogens is 216 g/mol. The highest BCUT2D eigenvalue weighted by Crippen LogP contribution is 2.14. The first-order valence-corrected chi connectivity index (χ1v) is 5.60. The van der Waals surface area contributed by atoms with Gasteiger partial charge in [-0.15, -0.1) is 0 Å². The quantitative estimate of drug-likeness (QED) is 0.776. The zero-order valence-electron chi connectivity index (χ0n) is 10.0. The molecule has 0 fully saturated rings. The number of ether oxygens (including phenoxy) is 1. The van der Waals surface area contributed by atoms with Gasteiger partial charge < -0.3 is 15.6 Å². The van der Waals surface area contributed by atoms with E-state index in [1.165, 1.54) is 0 Å². The van der Waals surface area contributed by atoms with Crippen LogP contribution in [0.1, 0.15) is 18.9 Å². The highest BCUT2D eigenvalue weighted by atomic mass is 16.5. The minimum atomic E-state index is -0.836. The van der Waals surface area contributed by atoms with Crippen LogP contribution in [0.5, 0.6) is 5.75 Å². The van der Waals surface area contributed by atoms with Crippen molar-refractivity contribution in [2.45, 2.75) is 25.3 Å². The van der Waals surface area contributed by atoms with Gasteiger partial charge in [-0.05, 0) is 31.0 Å². The molecule has 0 aromatic heterocycles. The van der Waals surface area contributed by atoms with Gasteiger partial charge in [-0.2, -0.15) is 5.26 Å². The van der Waals surface area contributed by atoms with E-state index < -0.39 is 5.54 Å². The summed E-state index contributed by atoms with van der Waals surface area (Å²) in [5.41, 5.74) is 5.91. The Morgan fingerprint density at radius 1 is 1.41 bits per heavy atom. The van der Waals surface area contributed by atoms with Crippen LogP contribution >= 0.6 is 0 Å². The molecule has 1 aromatic carbocycles. The molecule has 0 bridgehead atoms. The minimum Gasteiger partial charge on any atom is -0.493 e. The van der Waals surface area contributed by atoms with Crippen LogP contribution in [0, 0.1) is 11.3 Å². The summed E-state index contributed by atoms with van der Waals surface area (Å²) >= 11 is 0. The predicted molar refractivity (Wildman–Crippen MR) is 65.5 cm³/mol. The first kappa shape index (κ1) is 13.5. The van der Waals surface area contributed by atoms with E-state index in [0.29, 0.717) is 19.4 Å². The molecule has 0 aliphatic carbocycles. The zero-order valence-corrected chi connectivity index (χ0v) is 10.0. The number of rotatable bonds is 6. The molecule has 1 atom stereocenters. The van der Waals surface area contributed by atoms with Gasteiger partial charge in [0.25, 0.3) is 0 Å². The lowest BCUT2D eigenvalue weighted by atomic mass is 10.0. The van der Waals surface area contributed by atoms with Gasteiger partial charge in [-0.25, -0.2) is 0 Å².